The van der Waals surface area contributed by atoms with Gasteiger partial charge in [0.1, 0.15) is 0 Å². The van der Waals surface area contributed by atoms with Crippen LogP contribution in [0, 0.1) is 5.92 Å². The monoisotopic (exact) mass is 414 g/mol. The van der Waals surface area contributed by atoms with Gasteiger partial charge >= 0.3 is 0 Å². The zero-order valence-electron chi connectivity index (χ0n) is 18.2. The minimum Gasteiger partial charge on any atom is -0.474 e. The van der Waals surface area contributed by atoms with Gasteiger partial charge < -0.3 is 15.0 Å². The standard InChI is InChI=1S/C22H34N6O2/c1-16(2)30-22-12-11-20-25-24-19(28(20)26-22)9-5-10-21(29)23-15-17-7-6-14-27-13-4-3-8-18(17)27/h11-12,16-18H,3-10,13-15H2,1-2H3,(H,23,29)/t17-,18+/m0/s1. The van der Waals surface area contributed by atoms with Crippen LogP contribution in [0.4, 0.5) is 0 Å². The van der Waals surface area contributed by atoms with E-state index >= 15 is 0 Å². The van der Waals surface area contributed by atoms with Crippen LogP contribution in [0.2, 0.25) is 0 Å². The van der Waals surface area contributed by atoms with Crippen molar-refractivity contribution < 1.29 is 9.53 Å². The van der Waals surface area contributed by atoms with Gasteiger partial charge in [-0.3, -0.25) is 4.79 Å². The van der Waals surface area contributed by atoms with Crippen LogP contribution in [-0.4, -0.2) is 62.4 Å². The van der Waals surface area contributed by atoms with Crippen molar-refractivity contribution in [2.45, 2.75) is 77.4 Å². The van der Waals surface area contributed by atoms with Gasteiger partial charge in [-0.1, -0.05) is 6.42 Å². The van der Waals surface area contributed by atoms with Crippen molar-refractivity contribution in [2.24, 2.45) is 5.92 Å². The molecule has 164 valence electrons. The number of ether oxygens (including phenoxy) is 1. The summed E-state index contributed by atoms with van der Waals surface area (Å²) < 4.78 is 7.38. The van der Waals surface area contributed by atoms with Crippen molar-refractivity contribution >= 4 is 11.6 Å². The Morgan fingerprint density at radius 3 is 2.93 bits per heavy atom. The number of nitrogens with zero attached hydrogens (tertiary/aromatic N) is 5. The maximum atomic E-state index is 12.4. The molecule has 1 N–H and O–H groups in total. The number of nitrogens with one attached hydrogen (secondary N) is 1. The molecule has 0 bridgehead atoms. The van der Waals surface area contributed by atoms with E-state index in [1.165, 1.54) is 45.2 Å². The second-order valence-corrected chi connectivity index (χ2v) is 8.88. The SMILES string of the molecule is CC(C)Oc1ccc2nnc(CCCC(=O)NC[C@@H]3CCCN4CCCC[C@H]34)n2n1. The molecule has 8 heteroatoms. The third-order valence-corrected chi connectivity index (χ3v) is 6.25. The third kappa shape index (κ3) is 5.09. The topological polar surface area (TPSA) is 84.6 Å². The van der Waals surface area contributed by atoms with Crippen LogP contribution < -0.4 is 10.1 Å². The zero-order valence-corrected chi connectivity index (χ0v) is 18.2. The van der Waals surface area contributed by atoms with Crippen LogP contribution in [-0.2, 0) is 11.2 Å². The number of amides is 1. The molecular weight excluding hydrogens is 380 g/mol. The fraction of sp³-hybridized carbons (Fsp3) is 0.727. The molecule has 0 aromatic carbocycles. The molecule has 0 aliphatic carbocycles. The number of fused-ring (bicyclic) bond motifs is 2. The molecule has 2 atom stereocenters. The van der Waals surface area contributed by atoms with Crippen molar-refractivity contribution in [3.63, 3.8) is 0 Å². The molecular formula is C22H34N6O2. The average molecular weight is 415 g/mol. The molecule has 8 nitrogen and oxygen atoms in total. The Labute approximate surface area is 178 Å². The number of aryl methyl sites for hydroxylation is 1. The first-order valence-electron chi connectivity index (χ1n) is 11.5. The Morgan fingerprint density at radius 2 is 2.07 bits per heavy atom. The minimum atomic E-state index is 0.0587. The summed E-state index contributed by atoms with van der Waals surface area (Å²) in [4.78, 5) is 15.1. The molecule has 1 amide bonds. The molecule has 4 rings (SSSR count). The summed E-state index contributed by atoms with van der Waals surface area (Å²) in [6.45, 7) is 7.22. The molecule has 2 aromatic heterocycles. The summed E-state index contributed by atoms with van der Waals surface area (Å²) in [6.07, 6.45) is 8.38. The first-order chi connectivity index (χ1) is 14.6. The Balaban J connectivity index is 1.24. The smallest absolute Gasteiger partial charge is 0.232 e. The van der Waals surface area contributed by atoms with Gasteiger partial charge in [-0.05, 0) is 71.0 Å². The van der Waals surface area contributed by atoms with Crippen LogP contribution >= 0.6 is 0 Å². The van der Waals surface area contributed by atoms with Crippen molar-refractivity contribution in [1.82, 2.24) is 30.0 Å². The van der Waals surface area contributed by atoms with Gasteiger partial charge in [-0.25, -0.2) is 0 Å². The highest BCUT2D eigenvalue weighted by Crippen LogP contribution is 2.30. The highest BCUT2D eigenvalue weighted by atomic mass is 16.5. The van der Waals surface area contributed by atoms with Crippen molar-refractivity contribution in [1.29, 1.82) is 0 Å². The van der Waals surface area contributed by atoms with E-state index in [0.29, 0.717) is 36.3 Å². The molecule has 0 spiro atoms. The molecule has 0 radical (unpaired) electrons. The van der Waals surface area contributed by atoms with Crippen LogP contribution in [0.3, 0.4) is 0 Å². The molecule has 2 aliphatic rings. The second-order valence-electron chi connectivity index (χ2n) is 8.88. The second kappa shape index (κ2) is 9.73. The molecule has 4 heterocycles. The zero-order chi connectivity index (χ0) is 20.9. The van der Waals surface area contributed by atoms with Crippen LogP contribution in [0.15, 0.2) is 12.1 Å². The van der Waals surface area contributed by atoms with Gasteiger partial charge in [0.25, 0.3) is 0 Å². The largest absolute Gasteiger partial charge is 0.474 e. The van der Waals surface area contributed by atoms with E-state index in [-0.39, 0.29) is 12.0 Å². The normalized spacial score (nSPS) is 22.2. The number of hydrogen-bond donors (Lipinski definition) is 1. The Kier molecular flexibility index (Phi) is 6.82. The predicted octanol–water partition coefficient (Wildman–Crippen LogP) is 2.61. The Bertz CT molecular complexity index is 849. The third-order valence-electron chi connectivity index (χ3n) is 6.25. The van der Waals surface area contributed by atoms with Gasteiger partial charge in [0.05, 0.1) is 6.10 Å². The lowest BCUT2D eigenvalue weighted by Crippen LogP contribution is -2.50. The lowest BCUT2D eigenvalue weighted by atomic mass is 9.83. The van der Waals surface area contributed by atoms with Gasteiger partial charge in [-0.2, -0.15) is 4.52 Å². The number of aromatic nitrogens is 4. The maximum absolute atomic E-state index is 12.4. The van der Waals surface area contributed by atoms with E-state index in [1.807, 2.05) is 19.9 Å². The predicted molar refractivity (Wildman–Crippen MR) is 114 cm³/mol. The van der Waals surface area contributed by atoms with Crippen molar-refractivity contribution in [3.8, 4) is 5.88 Å². The summed E-state index contributed by atoms with van der Waals surface area (Å²) in [6, 6.07) is 4.33. The Morgan fingerprint density at radius 1 is 1.20 bits per heavy atom. The molecule has 0 saturated carbocycles. The lowest BCUT2D eigenvalue weighted by Gasteiger charge is -2.44. The van der Waals surface area contributed by atoms with Crippen LogP contribution in [0.5, 0.6) is 5.88 Å². The Hall–Kier alpha value is -2.22. The summed E-state index contributed by atoms with van der Waals surface area (Å²) >= 11 is 0. The summed E-state index contributed by atoms with van der Waals surface area (Å²) in [5.41, 5.74) is 0.694. The van der Waals surface area contributed by atoms with Gasteiger partial charge in [-0.15, -0.1) is 15.3 Å². The molecule has 2 aliphatic heterocycles. The molecule has 2 saturated heterocycles. The number of hydrogen-bond acceptors (Lipinski definition) is 6. The van der Waals surface area contributed by atoms with Crippen molar-refractivity contribution in [3.05, 3.63) is 18.0 Å². The summed E-state index contributed by atoms with van der Waals surface area (Å²) in [7, 11) is 0. The fourth-order valence-corrected chi connectivity index (χ4v) is 4.83. The molecule has 0 unspecified atom stereocenters. The number of carbonyl (C=O) groups is 1. The van der Waals surface area contributed by atoms with Crippen molar-refractivity contribution in [2.75, 3.05) is 19.6 Å². The van der Waals surface area contributed by atoms with Crippen LogP contribution in [0.1, 0.15) is 64.6 Å². The number of piperidine rings is 2. The van der Waals surface area contributed by atoms with Gasteiger partial charge in [0.2, 0.25) is 11.8 Å². The van der Waals surface area contributed by atoms with Crippen LogP contribution in [0.25, 0.3) is 5.65 Å². The molecule has 2 fully saturated rings. The van der Waals surface area contributed by atoms with Gasteiger partial charge in [0.15, 0.2) is 11.5 Å². The number of carbonyl (C=O) groups excluding carboxylic acids is 1. The first kappa shape index (κ1) is 21.0. The fourth-order valence-electron chi connectivity index (χ4n) is 4.83. The quantitative estimate of drug-likeness (QED) is 0.715. The maximum Gasteiger partial charge on any atom is 0.232 e. The molecule has 2 aromatic rings. The van der Waals surface area contributed by atoms with E-state index in [4.69, 9.17) is 4.74 Å². The van der Waals surface area contributed by atoms with E-state index < -0.39 is 0 Å². The summed E-state index contributed by atoms with van der Waals surface area (Å²) in [5, 5.41) is 16.1. The highest BCUT2D eigenvalue weighted by molar-refractivity contribution is 5.75. The van der Waals surface area contributed by atoms with E-state index in [1.54, 1.807) is 10.6 Å². The average Bonchev–Trinajstić information content (AvgIpc) is 3.14. The first-order valence-corrected chi connectivity index (χ1v) is 11.5. The van der Waals surface area contributed by atoms with E-state index in [0.717, 1.165) is 18.8 Å². The minimum absolute atomic E-state index is 0.0587. The van der Waals surface area contributed by atoms with E-state index in [9.17, 15) is 4.79 Å². The van der Waals surface area contributed by atoms with E-state index in [2.05, 4.69) is 25.5 Å². The lowest BCUT2D eigenvalue weighted by molar-refractivity contribution is -0.121. The summed E-state index contributed by atoms with van der Waals surface area (Å²) in [5.74, 6) is 2.05. The number of rotatable bonds is 8. The van der Waals surface area contributed by atoms with Gasteiger partial charge in [0, 0.05) is 31.5 Å². The molecule has 30 heavy (non-hydrogen) atoms. The highest BCUT2D eigenvalue weighted by Gasteiger charge is 2.32.